The highest BCUT2D eigenvalue weighted by Crippen LogP contribution is 2.09. The molecule has 0 spiro atoms. The van der Waals surface area contributed by atoms with Crippen LogP contribution >= 0.6 is 0 Å². The van der Waals surface area contributed by atoms with Crippen molar-refractivity contribution >= 4 is 0 Å². The van der Waals surface area contributed by atoms with Crippen molar-refractivity contribution in [3.8, 4) is 23.7 Å². The lowest BCUT2D eigenvalue weighted by Gasteiger charge is -2.15. The molecular formula is C13H13N. The highest BCUT2D eigenvalue weighted by atomic mass is 14.7. The van der Waals surface area contributed by atoms with Gasteiger partial charge in [-0.2, -0.15) is 0 Å². The molecule has 1 aliphatic rings. The molecule has 70 valence electrons. The van der Waals surface area contributed by atoms with Crippen molar-refractivity contribution in [2.75, 3.05) is 0 Å². The zero-order chi connectivity index (χ0) is 10.4. The molecule has 1 nitrogen and oxygen atoms in total. The zero-order valence-corrected chi connectivity index (χ0v) is 8.52. The Labute approximate surface area is 85.4 Å². The maximum Gasteiger partial charge on any atom is 0.0631 e. The average Bonchev–Trinajstić information content (AvgIpc) is 2.12. The van der Waals surface area contributed by atoms with Gasteiger partial charge in [-0.25, -0.2) is 0 Å². The summed E-state index contributed by atoms with van der Waals surface area (Å²) in [4.78, 5) is 0. The third kappa shape index (κ3) is 3.38. The smallest absolute Gasteiger partial charge is 0.0631 e. The molecule has 0 saturated heterocycles. The van der Waals surface area contributed by atoms with Crippen LogP contribution in [-0.2, 0) is 0 Å². The van der Waals surface area contributed by atoms with Crippen molar-refractivity contribution in [3.63, 3.8) is 0 Å². The van der Waals surface area contributed by atoms with Crippen molar-refractivity contribution < 1.29 is 0 Å². The third-order valence-corrected chi connectivity index (χ3v) is 1.64. The Bertz CT molecular complexity index is 416. The van der Waals surface area contributed by atoms with Gasteiger partial charge in [-0.3, -0.25) is 0 Å². The molecule has 0 saturated carbocycles. The first-order valence-corrected chi connectivity index (χ1v) is 4.50. The van der Waals surface area contributed by atoms with Crippen LogP contribution in [0, 0.1) is 23.7 Å². The van der Waals surface area contributed by atoms with Gasteiger partial charge in [0.2, 0.25) is 0 Å². The lowest BCUT2D eigenvalue weighted by molar-refractivity contribution is 0.631. The molecule has 0 heterocycles. The normalized spacial score (nSPS) is 16.9. The first kappa shape index (κ1) is 10.4. The molecule has 0 fully saturated rings. The maximum atomic E-state index is 5.94. The van der Waals surface area contributed by atoms with Crippen LogP contribution in [0.15, 0.2) is 29.5 Å². The molecule has 1 rings (SSSR count). The number of hydrogen-bond acceptors (Lipinski definition) is 1. The van der Waals surface area contributed by atoms with Crippen LogP contribution in [0.2, 0.25) is 0 Å². The van der Waals surface area contributed by atoms with E-state index in [9.17, 15) is 0 Å². The van der Waals surface area contributed by atoms with Gasteiger partial charge < -0.3 is 5.73 Å². The van der Waals surface area contributed by atoms with Crippen LogP contribution < -0.4 is 5.73 Å². The molecule has 0 aliphatic heterocycles. The highest BCUT2D eigenvalue weighted by Gasteiger charge is 2.14. The van der Waals surface area contributed by atoms with Crippen LogP contribution in [0.4, 0.5) is 0 Å². The quantitative estimate of drug-likeness (QED) is 0.486. The predicted molar refractivity (Wildman–Crippen MR) is 59.2 cm³/mol. The molecule has 2 N–H and O–H groups in total. The second-order valence-electron chi connectivity index (χ2n) is 3.57. The van der Waals surface area contributed by atoms with Crippen LogP contribution in [0.3, 0.4) is 0 Å². The Balaban J connectivity index is 3.11. The Morgan fingerprint density at radius 2 is 2.00 bits per heavy atom. The van der Waals surface area contributed by atoms with Gasteiger partial charge in [-0.05, 0) is 32.1 Å². The minimum atomic E-state index is -0.441. The summed E-state index contributed by atoms with van der Waals surface area (Å²) in [7, 11) is 0. The molecular weight excluding hydrogens is 170 g/mol. The van der Waals surface area contributed by atoms with Crippen LogP contribution in [0.5, 0.6) is 0 Å². The molecule has 1 heteroatoms. The van der Waals surface area contributed by atoms with Crippen molar-refractivity contribution in [1.82, 2.24) is 0 Å². The lowest BCUT2D eigenvalue weighted by Crippen LogP contribution is -2.33. The van der Waals surface area contributed by atoms with Crippen molar-refractivity contribution in [2.45, 2.75) is 25.8 Å². The van der Waals surface area contributed by atoms with E-state index in [2.05, 4.69) is 29.4 Å². The fourth-order valence-electron chi connectivity index (χ4n) is 0.902. The maximum absolute atomic E-state index is 5.94. The molecule has 0 aromatic heterocycles. The first-order chi connectivity index (χ1) is 6.61. The number of allylic oxidation sites excluding steroid dienone is 2. The summed E-state index contributed by atoms with van der Waals surface area (Å²) in [5, 5.41) is 0. The van der Waals surface area contributed by atoms with Crippen molar-refractivity contribution in [3.05, 3.63) is 29.5 Å². The first-order valence-electron chi connectivity index (χ1n) is 4.50. The molecule has 0 atom stereocenters. The van der Waals surface area contributed by atoms with E-state index in [1.807, 2.05) is 19.9 Å². The van der Waals surface area contributed by atoms with Crippen LogP contribution in [0.1, 0.15) is 20.3 Å². The fourth-order valence-corrected chi connectivity index (χ4v) is 0.902. The summed E-state index contributed by atoms with van der Waals surface area (Å²) in [5.74, 6) is 11.7. The van der Waals surface area contributed by atoms with E-state index >= 15 is 0 Å². The third-order valence-electron chi connectivity index (χ3n) is 1.64. The summed E-state index contributed by atoms with van der Waals surface area (Å²) in [5.41, 5.74) is 9.40. The van der Waals surface area contributed by atoms with Gasteiger partial charge in [0.05, 0.1) is 11.1 Å². The number of hydrogen-bond donors (Lipinski definition) is 1. The van der Waals surface area contributed by atoms with Gasteiger partial charge in [-0.1, -0.05) is 23.7 Å². The minimum Gasteiger partial charge on any atom is -0.321 e. The standard InChI is InChI=1S/C13H13N/c1-13(2,14)12-10-8-6-4-3-5-7-9-11-12/h4,6,9H,7,14H2,1-2H3/b6-4-. The monoisotopic (exact) mass is 183 g/mol. The van der Waals surface area contributed by atoms with Gasteiger partial charge in [-0.15, -0.1) is 5.73 Å². The van der Waals surface area contributed by atoms with E-state index in [-0.39, 0.29) is 0 Å². The molecule has 0 aromatic rings. The average molecular weight is 183 g/mol. The number of nitrogens with two attached hydrogens (primary N) is 1. The van der Waals surface area contributed by atoms with Gasteiger partial charge in [0.15, 0.2) is 0 Å². The Hall–Kier alpha value is -1.66. The van der Waals surface area contributed by atoms with Crippen molar-refractivity contribution in [2.24, 2.45) is 5.73 Å². The summed E-state index contributed by atoms with van der Waals surface area (Å²) >= 11 is 0. The molecule has 0 unspecified atom stereocenters. The Morgan fingerprint density at radius 1 is 1.29 bits per heavy atom. The summed E-state index contributed by atoms with van der Waals surface area (Å²) in [6.45, 7) is 3.83. The van der Waals surface area contributed by atoms with Crippen molar-refractivity contribution in [1.29, 1.82) is 0 Å². The van der Waals surface area contributed by atoms with E-state index in [0.29, 0.717) is 6.42 Å². The largest absolute Gasteiger partial charge is 0.321 e. The van der Waals surface area contributed by atoms with Gasteiger partial charge >= 0.3 is 0 Å². The predicted octanol–water partition coefficient (Wildman–Crippen LogP) is 1.77. The molecule has 0 radical (unpaired) electrons. The topological polar surface area (TPSA) is 26.0 Å². The van der Waals surface area contributed by atoms with E-state index in [4.69, 9.17) is 5.73 Å². The molecule has 1 aliphatic carbocycles. The molecule has 0 amide bonds. The lowest BCUT2D eigenvalue weighted by atomic mass is 9.96. The van der Waals surface area contributed by atoms with Gasteiger partial charge in [0, 0.05) is 6.42 Å². The molecule has 0 bridgehead atoms. The fraction of sp³-hybridized carbons (Fsp3) is 0.308. The van der Waals surface area contributed by atoms with E-state index in [0.717, 1.165) is 5.57 Å². The zero-order valence-electron chi connectivity index (χ0n) is 8.52. The van der Waals surface area contributed by atoms with E-state index < -0.39 is 5.54 Å². The number of rotatable bonds is 1. The van der Waals surface area contributed by atoms with E-state index in [1.165, 1.54) is 0 Å². The van der Waals surface area contributed by atoms with Crippen LogP contribution in [0.25, 0.3) is 0 Å². The minimum absolute atomic E-state index is 0.441. The Kier molecular flexibility index (Phi) is 3.38. The SMILES string of the molecule is CC(C)(N)C1=C=CCC#C/C=C\C#C1. The molecule has 14 heavy (non-hydrogen) atoms. The highest BCUT2D eigenvalue weighted by molar-refractivity contribution is 5.40. The summed E-state index contributed by atoms with van der Waals surface area (Å²) < 4.78 is 0. The molecule has 0 aromatic carbocycles. The Morgan fingerprint density at radius 3 is 2.71 bits per heavy atom. The van der Waals surface area contributed by atoms with E-state index in [1.54, 1.807) is 12.2 Å². The second kappa shape index (κ2) is 4.54. The van der Waals surface area contributed by atoms with Gasteiger partial charge in [0.25, 0.3) is 0 Å². The summed E-state index contributed by atoms with van der Waals surface area (Å²) in [6.07, 6.45) is 6.02. The summed E-state index contributed by atoms with van der Waals surface area (Å²) in [6, 6.07) is 0. The second-order valence-corrected chi connectivity index (χ2v) is 3.57. The van der Waals surface area contributed by atoms with Crippen LogP contribution in [-0.4, -0.2) is 5.54 Å². The van der Waals surface area contributed by atoms with Gasteiger partial charge in [0.1, 0.15) is 0 Å².